The lowest BCUT2D eigenvalue weighted by molar-refractivity contribution is -0.134. The van der Waals surface area contributed by atoms with Crippen LogP contribution in [0.25, 0.3) is 0 Å². The van der Waals surface area contributed by atoms with Crippen LogP contribution in [0.2, 0.25) is 0 Å². The lowest BCUT2D eigenvalue weighted by Crippen LogP contribution is -2.41. The molecule has 0 saturated carbocycles. The third kappa shape index (κ3) is 6.61. The van der Waals surface area contributed by atoms with Gasteiger partial charge in [0, 0.05) is 24.3 Å². The second-order valence-corrected chi connectivity index (χ2v) is 7.42. The van der Waals surface area contributed by atoms with Crippen LogP contribution in [0.1, 0.15) is 36.7 Å². The molecule has 8 nitrogen and oxygen atoms in total. The summed E-state index contributed by atoms with van der Waals surface area (Å²) in [6.45, 7) is 9.35. The molecule has 33 heavy (non-hydrogen) atoms. The summed E-state index contributed by atoms with van der Waals surface area (Å²) in [6.07, 6.45) is 0.322. The minimum atomic E-state index is -0.294. The van der Waals surface area contributed by atoms with Gasteiger partial charge in [0.1, 0.15) is 0 Å². The zero-order valence-corrected chi connectivity index (χ0v) is 19.5. The van der Waals surface area contributed by atoms with E-state index in [1.807, 2.05) is 37.8 Å². The molecule has 0 spiro atoms. The number of ether oxygens (including phenoxy) is 4. The number of morpholine rings is 1. The highest BCUT2D eigenvalue weighted by molar-refractivity contribution is 6.05. The van der Waals surface area contributed by atoms with E-state index in [-0.39, 0.29) is 11.8 Å². The fourth-order valence-electron chi connectivity index (χ4n) is 3.53. The van der Waals surface area contributed by atoms with Gasteiger partial charge < -0.3 is 29.2 Å². The molecule has 1 saturated heterocycles. The van der Waals surface area contributed by atoms with Gasteiger partial charge in [-0.15, -0.1) is 0 Å². The fourth-order valence-corrected chi connectivity index (χ4v) is 3.53. The van der Waals surface area contributed by atoms with Gasteiger partial charge in [-0.25, -0.2) is 0 Å². The van der Waals surface area contributed by atoms with Crippen molar-refractivity contribution in [3.63, 3.8) is 0 Å². The van der Waals surface area contributed by atoms with Crippen LogP contribution in [0, 0.1) is 0 Å². The summed E-state index contributed by atoms with van der Waals surface area (Å²) in [4.78, 5) is 27.2. The van der Waals surface area contributed by atoms with Gasteiger partial charge in [0.15, 0.2) is 11.5 Å². The molecule has 0 radical (unpaired) electrons. The van der Waals surface area contributed by atoms with E-state index in [1.165, 1.54) is 0 Å². The van der Waals surface area contributed by atoms with Crippen molar-refractivity contribution < 1.29 is 28.5 Å². The molecule has 1 heterocycles. The maximum atomic E-state index is 12.9. The Balaban J connectivity index is 1.70. The van der Waals surface area contributed by atoms with Crippen LogP contribution in [0.5, 0.6) is 17.2 Å². The van der Waals surface area contributed by atoms with Crippen LogP contribution in [0.3, 0.4) is 0 Å². The summed E-state index contributed by atoms with van der Waals surface area (Å²) in [5.41, 5.74) is 1.92. The SMILES string of the molecule is CCOc1cc(C(=O)Nc2ccc(CC(=O)N3CCOCC3)cc2)cc(OCC)c1OCC. The van der Waals surface area contributed by atoms with Gasteiger partial charge in [0.25, 0.3) is 5.91 Å². The van der Waals surface area contributed by atoms with Gasteiger partial charge in [-0.3, -0.25) is 9.59 Å². The molecule has 0 aromatic heterocycles. The zero-order valence-electron chi connectivity index (χ0n) is 19.5. The Morgan fingerprint density at radius 2 is 1.48 bits per heavy atom. The Bertz CT molecular complexity index is 911. The number of anilines is 1. The van der Waals surface area contributed by atoms with E-state index >= 15 is 0 Å². The standard InChI is InChI=1S/C25H32N2O6/c1-4-31-21-16-19(17-22(32-5-2)24(21)33-6-3)25(29)26-20-9-7-18(8-10-20)15-23(28)27-11-13-30-14-12-27/h7-10,16-17H,4-6,11-15H2,1-3H3,(H,26,29). The van der Waals surface area contributed by atoms with E-state index in [0.717, 1.165) is 5.56 Å². The zero-order chi connectivity index (χ0) is 23.6. The molecule has 0 aliphatic carbocycles. The van der Waals surface area contributed by atoms with Gasteiger partial charge in [-0.05, 0) is 50.6 Å². The molecule has 3 rings (SSSR count). The molecule has 0 atom stereocenters. The third-order valence-corrected chi connectivity index (χ3v) is 5.10. The number of amides is 2. The Labute approximate surface area is 194 Å². The topological polar surface area (TPSA) is 86.3 Å². The normalized spacial score (nSPS) is 13.4. The number of carbonyl (C=O) groups is 2. The van der Waals surface area contributed by atoms with Crippen LogP contribution in [0.15, 0.2) is 36.4 Å². The van der Waals surface area contributed by atoms with Crippen molar-refractivity contribution in [3.8, 4) is 17.2 Å². The lowest BCUT2D eigenvalue weighted by Gasteiger charge is -2.26. The Kier molecular flexibility index (Phi) is 8.95. The lowest BCUT2D eigenvalue weighted by atomic mass is 10.1. The van der Waals surface area contributed by atoms with Crippen LogP contribution < -0.4 is 19.5 Å². The molecule has 8 heteroatoms. The molecule has 1 N–H and O–H groups in total. The van der Waals surface area contributed by atoms with Gasteiger partial charge in [-0.2, -0.15) is 0 Å². The summed E-state index contributed by atoms with van der Waals surface area (Å²) in [5, 5.41) is 2.89. The molecule has 2 aromatic carbocycles. The predicted molar refractivity (Wildman–Crippen MR) is 125 cm³/mol. The Morgan fingerprint density at radius 3 is 2.03 bits per heavy atom. The minimum absolute atomic E-state index is 0.0800. The van der Waals surface area contributed by atoms with E-state index in [2.05, 4.69) is 5.32 Å². The molecule has 1 aliphatic heterocycles. The molecule has 2 aromatic rings. The molecule has 1 fully saturated rings. The van der Waals surface area contributed by atoms with Crippen molar-refractivity contribution >= 4 is 17.5 Å². The van der Waals surface area contributed by atoms with Gasteiger partial charge in [0.2, 0.25) is 11.7 Å². The Hall–Kier alpha value is -3.26. The highest BCUT2D eigenvalue weighted by Crippen LogP contribution is 2.39. The first kappa shape index (κ1) is 24.4. The van der Waals surface area contributed by atoms with Crippen LogP contribution in [-0.4, -0.2) is 62.8 Å². The number of nitrogens with one attached hydrogen (secondary N) is 1. The number of nitrogens with zero attached hydrogens (tertiary/aromatic N) is 1. The van der Waals surface area contributed by atoms with Crippen molar-refractivity contribution in [1.29, 1.82) is 0 Å². The monoisotopic (exact) mass is 456 g/mol. The molecule has 0 unspecified atom stereocenters. The average Bonchev–Trinajstić information content (AvgIpc) is 2.83. The van der Waals surface area contributed by atoms with E-state index < -0.39 is 0 Å². The van der Waals surface area contributed by atoms with E-state index in [4.69, 9.17) is 18.9 Å². The highest BCUT2D eigenvalue weighted by Gasteiger charge is 2.19. The highest BCUT2D eigenvalue weighted by atomic mass is 16.5. The van der Waals surface area contributed by atoms with Crippen molar-refractivity contribution in [2.75, 3.05) is 51.4 Å². The average molecular weight is 457 g/mol. The van der Waals surface area contributed by atoms with Gasteiger partial charge in [-0.1, -0.05) is 12.1 Å². The summed E-state index contributed by atoms with van der Waals surface area (Å²) in [5.74, 6) is 1.21. The third-order valence-electron chi connectivity index (χ3n) is 5.10. The molecule has 2 amide bonds. The number of benzene rings is 2. The number of rotatable bonds is 10. The minimum Gasteiger partial charge on any atom is -0.490 e. The number of hydrogen-bond acceptors (Lipinski definition) is 6. The van der Waals surface area contributed by atoms with E-state index in [9.17, 15) is 9.59 Å². The molecule has 178 valence electrons. The first-order valence-corrected chi connectivity index (χ1v) is 11.4. The number of hydrogen-bond donors (Lipinski definition) is 1. The fraction of sp³-hybridized carbons (Fsp3) is 0.440. The summed E-state index contributed by atoms with van der Waals surface area (Å²) in [6, 6.07) is 10.6. The molecular weight excluding hydrogens is 424 g/mol. The smallest absolute Gasteiger partial charge is 0.255 e. The van der Waals surface area contributed by atoms with Gasteiger partial charge in [0.05, 0.1) is 39.5 Å². The molecule has 0 bridgehead atoms. The Morgan fingerprint density at radius 1 is 0.909 bits per heavy atom. The van der Waals surface area contributed by atoms with Crippen LogP contribution in [0.4, 0.5) is 5.69 Å². The second kappa shape index (κ2) is 12.1. The summed E-state index contributed by atoms with van der Waals surface area (Å²) in [7, 11) is 0. The van der Waals surface area contributed by atoms with Crippen molar-refractivity contribution in [2.45, 2.75) is 27.2 Å². The molecular formula is C25H32N2O6. The van der Waals surface area contributed by atoms with Crippen molar-refractivity contribution in [2.24, 2.45) is 0 Å². The van der Waals surface area contributed by atoms with Crippen molar-refractivity contribution in [1.82, 2.24) is 4.90 Å². The largest absolute Gasteiger partial charge is 0.490 e. The van der Waals surface area contributed by atoms with Crippen LogP contribution in [-0.2, 0) is 16.0 Å². The first-order chi connectivity index (χ1) is 16.0. The molecule has 1 aliphatic rings. The first-order valence-electron chi connectivity index (χ1n) is 11.4. The van der Waals surface area contributed by atoms with Crippen molar-refractivity contribution in [3.05, 3.63) is 47.5 Å². The van der Waals surface area contributed by atoms with E-state index in [0.29, 0.717) is 81.0 Å². The summed E-state index contributed by atoms with van der Waals surface area (Å²) < 4.78 is 22.4. The maximum absolute atomic E-state index is 12.9. The number of carbonyl (C=O) groups excluding carboxylic acids is 2. The predicted octanol–water partition coefficient (Wildman–Crippen LogP) is 3.54. The maximum Gasteiger partial charge on any atom is 0.255 e. The van der Waals surface area contributed by atoms with Crippen LogP contribution >= 0.6 is 0 Å². The quantitative estimate of drug-likeness (QED) is 0.589. The van der Waals surface area contributed by atoms with E-state index in [1.54, 1.807) is 24.3 Å². The summed E-state index contributed by atoms with van der Waals surface area (Å²) >= 11 is 0. The second-order valence-electron chi connectivity index (χ2n) is 7.42. The van der Waals surface area contributed by atoms with Gasteiger partial charge >= 0.3 is 0 Å².